The van der Waals surface area contributed by atoms with Gasteiger partial charge in [-0.3, -0.25) is 4.90 Å². The lowest BCUT2D eigenvalue weighted by atomic mass is 9.97. The van der Waals surface area contributed by atoms with E-state index in [1.807, 2.05) is 42.0 Å². The third-order valence-electron chi connectivity index (χ3n) is 4.05. The number of rotatable bonds is 3. The Balaban J connectivity index is 1.78. The Hall–Kier alpha value is -2.09. The molecular weight excluding hydrogens is 262 g/mol. The highest BCUT2D eigenvalue weighted by Crippen LogP contribution is 2.27. The highest BCUT2D eigenvalue weighted by molar-refractivity contribution is 5.32. The number of fused-ring (bicyclic) bond motifs is 1. The maximum atomic E-state index is 10.3. The van der Waals surface area contributed by atoms with E-state index in [-0.39, 0.29) is 0 Å². The number of aryl methyl sites for hydroxylation is 1. The van der Waals surface area contributed by atoms with Crippen LogP contribution in [0, 0.1) is 11.3 Å². The number of nitrogens with zero attached hydrogens (tertiary/aromatic N) is 3. The number of benzene rings is 1. The summed E-state index contributed by atoms with van der Waals surface area (Å²) in [6.45, 7) is 5.07. The molecule has 0 radical (unpaired) electrons. The van der Waals surface area contributed by atoms with Crippen molar-refractivity contribution in [1.82, 2.24) is 9.47 Å². The molecule has 2 heterocycles. The first-order valence-electron chi connectivity index (χ1n) is 7.28. The van der Waals surface area contributed by atoms with E-state index in [1.54, 1.807) is 0 Å². The van der Waals surface area contributed by atoms with Gasteiger partial charge in [-0.15, -0.1) is 0 Å². The minimum absolute atomic E-state index is 0.432. The van der Waals surface area contributed by atoms with Crippen molar-refractivity contribution in [2.24, 2.45) is 0 Å². The topological polar surface area (TPSA) is 52.2 Å². The van der Waals surface area contributed by atoms with Gasteiger partial charge in [-0.25, -0.2) is 0 Å². The van der Waals surface area contributed by atoms with Crippen LogP contribution in [0.15, 0.2) is 36.5 Å². The van der Waals surface area contributed by atoms with Crippen molar-refractivity contribution in [3.63, 3.8) is 0 Å². The van der Waals surface area contributed by atoms with Crippen LogP contribution < -0.4 is 0 Å². The van der Waals surface area contributed by atoms with Gasteiger partial charge in [0.25, 0.3) is 0 Å². The molecule has 1 aliphatic rings. The molecule has 0 unspecified atom stereocenters. The number of nitriles is 1. The van der Waals surface area contributed by atoms with Gasteiger partial charge in [-0.1, -0.05) is 24.3 Å². The minimum atomic E-state index is -0.432. The minimum Gasteiger partial charge on any atom is -0.387 e. The van der Waals surface area contributed by atoms with E-state index in [2.05, 4.69) is 17.0 Å². The smallest absolute Gasteiger partial charge is 0.120 e. The zero-order valence-electron chi connectivity index (χ0n) is 12.2. The Morgan fingerprint density at radius 2 is 2.19 bits per heavy atom. The molecule has 0 fully saturated rings. The van der Waals surface area contributed by atoms with Crippen LogP contribution in [-0.4, -0.2) is 21.1 Å². The molecule has 0 saturated heterocycles. The van der Waals surface area contributed by atoms with Gasteiger partial charge in [0.15, 0.2) is 0 Å². The molecule has 0 aliphatic carbocycles. The highest BCUT2D eigenvalue weighted by atomic mass is 16.3. The molecule has 0 saturated carbocycles. The second-order valence-corrected chi connectivity index (χ2v) is 5.52. The monoisotopic (exact) mass is 281 g/mol. The molecule has 21 heavy (non-hydrogen) atoms. The Bertz CT molecular complexity index is 684. The predicted octanol–water partition coefficient (Wildman–Crippen LogP) is 2.43. The first-order chi connectivity index (χ1) is 10.2. The van der Waals surface area contributed by atoms with Gasteiger partial charge in [-0.2, -0.15) is 5.26 Å². The van der Waals surface area contributed by atoms with Gasteiger partial charge in [0.1, 0.15) is 11.8 Å². The molecule has 2 aromatic rings. The SMILES string of the molecule is CCn1cc(CN2Cc3ccccc3[C@@H](O)C2)cc1C#N. The van der Waals surface area contributed by atoms with Crippen molar-refractivity contribution in [2.45, 2.75) is 32.7 Å². The number of aliphatic hydroxyl groups is 1. The number of hydrogen-bond donors (Lipinski definition) is 1. The Kier molecular flexibility index (Phi) is 3.78. The van der Waals surface area contributed by atoms with Crippen molar-refractivity contribution in [2.75, 3.05) is 6.54 Å². The van der Waals surface area contributed by atoms with E-state index in [1.165, 1.54) is 5.56 Å². The summed E-state index contributed by atoms with van der Waals surface area (Å²) in [5.41, 5.74) is 4.05. The lowest BCUT2D eigenvalue weighted by Crippen LogP contribution is -2.33. The second-order valence-electron chi connectivity index (χ2n) is 5.52. The van der Waals surface area contributed by atoms with Gasteiger partial charge in [0, 0.05) is 32.4 Å². The van der Waals surface area contributed by atoms with Crippen LogP contribution in [0.5, 0.6) is 0 Å². The van der Waals surface area contributed by atoms with Crippen LogP contribution in [0.4, 0.5) is 0 Å². The molecule has 0 bridgehead atoms. The summed E-state index contributed by atoms with van der Waals surface area (Å²) in [5.74, 6) is 0. The van der Waals surface area contributed by atoms with E-state index in [0.29, 0.717) is 12.2 Å². The van der Waals surface area contributed by atoms with E-state index >= 15 is 0 Å². The third-order valence-corrected chi connectivity index (χ3v) is 4.05. The van der Waals surface area contributed by atoms with Crippen molar-refractivity contribution >= 4 is 0 Å². The van der Waals surface area contributed by atoms with Gasteiger partial charge in [0.05, 0.1) is 6.10 Å². The summed E-state index contributed by atoms with van der Waals surface area (Å²) in [6, 6.07) is 12.2. The molecule has 1 N–H and O–H groups in total. The fraction of sp³-hybridized carbons (Fsp3) is 0.353. The molecule has 4 heteroatoms. The van der Waals surface area contributed by atoms with E-state index in [0.717, 1.165) is 30.8 Å². The van der Waals surface area contributed by atoms with Gasteiger partial charge in [-0.05, 0) is 29.7 Å². The van der Waals surface area contributed by atoms with Crippen molar-refractivity contribution in [3.8, 4) is 6.07 Å². The van der Waals surface area contributed by atoms with Crippen LogP contribution in [-0.2, 0) is 19.6 Å². The van der Waals surface area contributed by atoms with Crippen LogP contribution in [0.3, 0.4) is 0 Å². The Morgan fingerprint density at radius 3 is 2.90 bits per heavy atom. The lowest BCUT2D eigenvalue weighted by Gasteiger charge is -2.31. The molecule has 0 spiro atoms. The molecule has 1 aliphatic heterocycles. The molecule has 3 rings (SSSR count). The molecule has 1 aromatic carbocycles. The summed E-state index contributed by atoms with van der Waals surface area (Å²) in [4.78, 5) is 2.23. The predicted molar refractivity (Wildman–Crippen MR) is 80.3 cm³/mol. The first-order valence-corrected chi connectivity index (χ1v) is 7.28. The maximum absolute atomic E-state index is 10.3. The third kappa shape index (κ3) is 2.71. The summed E-state index contributed by atoms with van der Waals surface area (Å²) in [7, 11) is 0. The average Bonchev–Trinajstić information content (AvgIpc) is 2.89. The fourth-order valence-corrected chi connectivity index (χ4v) is 3.04. The summed E-state index contributed by atoms with van der Waals surface area (Å²) < 4.78 is 1.96. The maximum Gasteiger partial charge on any atom is 0.120 e. The van der Waals surface area contributed by atoms with Crippen molar-refractivity contribution in [1.29, 1.82) is 5.26 Å². The lowest BCUT2D eigenvalue weighted by molar-refractivity contribution is 0.0882. The first kappa shape index (κ1) is 13.9. The van der Waals surface area contributed by atoms with Crippen molar-refractivity contribution in [3.05, 3.63) is 58.9 Å². The standard InChI is InChI=1S/C17H19N3O/c1-2-20-10-13(7-15(20)8-18)9-19-11-14-5-3-4-6-16(14)17(21)12-19/h3-7,10,17,21H,2,9,11-12H2,1H3/t17-/m0/s1. The number of hydrogen-bond acceptors (Lipinski definition) is 3. The fourth-order valence-electron chi connectivity index (χ4n) is 3.04. The van der Waals surface area contributed by atoms with E-state index in [4.69, 9.17) is 5.26 Å². The quantitative estimate of drug-likeness (QED) is 0.940. The van der Waals surface area contributed by atoms with Gasteiger partial charge < -0.3 is 9.67 Å². The number of aromatic nitrogens is 1. The summed E-state index contributed by atoms with van der Waals surface area (Å²) in [5, 5.41) is 19.4. The second kappa shape index (κ2) is 5.72. The van der Waals surface area contributed by atoms with Crippen molar-refractivity contribution < 1.29 is 5.11 Å². The summed E-state index contributed by atoms with van der Waals surface area (Å²) >= 11 is 0. The normalized spacial score (nSPS) is 18.2. The van der Waals surface area contributed by atoms with E-state index in [9.17, 15) is 5.11 Å². The molecular formula is C17H19N3O. The highest BCUT2D eigenvalue weighted by Gasteiger charge is 2.23. The Morgan fingerprint density at radius 1 is 1.38 bits per heavy atom. The van der Waals surface area contributed by atoms with Gasteiger partial charge >= 0.3 is 0 Å². The van der Waals surface area contributed by atoms with Gasteiger partial charge in [0.2, 0.25) is 0 Å². The van der Waals surface area contributed by atoms with Crippen LogP contribution in [0.1, 0.15) is 35.4 Å². The number of β-amino-alcohol motifs (C(OH)–C–C–N with tert-alkyl or cyclic N) is 1. The van der Waals surface area contributed by atoms with E-state index < -0.39 is 6.10 Å². The molecule has 1 aromatic heterocycles. The van der Waals surface area contributed by atoms with Crippen LogP contribution in [0.2, 0.25) is 0 Å². The zero-order chi connectivity index (χ0) is 14.8. The summed E-state index contributed by atoms with van der Waals surface area (Å²) in [6.07, 6.45) is 1.60. The molecule has 4 nitrogen and oxygen atoms in total. The molecule has 0 amide bonds. The number of aliphatic hydroxyl groups excluding tert-OH is 1. The van der Waals surface area contributed by atoms with Crippen LogP contribution in [0.25, 0.3) is 0 Å². The Labute approximate surface area is 124 Å². The zero-order valence-corrected chi connectivity index (χ0v) is 12.2. The van der Waals surface area contributed by atoms with Crippen LogP contribution >= 0.6 is 0 Å². The largest absolute Gasteiger partial charge is 0.387 e. The molecule has 108 valence electrons. The molecule has 1 atom stereocenters. The average molecular weight is 281 g/mol.